The monoisotopic (exact) mass is 804 g/mol. The smallest absolute Gasteiger partial charge is 0.380 e. The molecule has 0 N–H and O–H groups in total. The summed E-state index contributed by atoms with van der Waals surface area (Å²) >= 11 is 1.85. The molecule has 1 aliphatic carbocycles. The fourth-order valence-corrected chi connectivity index (χ4v) is 14.0. The summed E-state index contributed by atoms with van der Waals surface area (Å²) in [6, 6.07) is 2.27. The van der Waals surface area contributed by atoms with Gasteiger partial charge in [-0.05, 0) is 75.6 Å². The van der Waals surface area contributed by atoms with Crippen LogP contribution in [-0.4, -0.2) is 51.7 Å². The molecule has 3 aliphatic rings. The van der Waals surface area contributed by atoms with Crippen molar-refractivity contribution in [2.24, 2.45) is 0 Å². The van der Waals surface area contributed by atoms with Gasteiger partial charge in [-0.25, -0.2) is 0 Å². The molecular formula is C33H38F6O4S6. The number of aryl methyl sites for hydroxylation is 2. The quantitative estimate of drug-likeness (QED) is 0.0720. The Labute approximate surface area is 306 Å². The normalized spacial score (nSPS) is 22.6. The number of alkyl halides is 6. The largest absolute Gasteiger partial charge is 0.460 e. The van der Waals surface area contributed by atoms with E-state index < -0.39 is 52.0 Å². The number of allylic oxidation sites excluding steroid dienone is 2. The number of hydrogen-bond donors (Lipinski definition) is 0. The maximum Gasteiger partial charge on any atom is 0.380 e. The highest BCUT2D eigenvalue weighted by Gasteiger charge is 2.80. The minimum atomic E-state index is -5.70. The summed E-state index contributed by atoms with van der Waals surface area (Å²) in [5.74, 6) is -14.8. The number of halogens is 6. The van der Waals surface area contributed by atoms with Gasteiger partial charge in [0.1, 0.15) is 13.2 Å². The molecule has 0 spiro atoms. The van der Waals surface area contributed by atoms with E-state index in [1.54, 1.807) is 0 Å². The Morgan fingerprint density at radius 2 is 1.10 bits per heavy atom. The average Bonchev–Trinajstić information content (AvgIpc) is 3.88. The Kier molecular flexibility index (Phi) is 13.5. The summed E-state index contributed by atoms with van der Waals surface area (Å²) in [5.41, 5.74) is -3.76. The second-order valence-electron chi connectivity index (χ2n) is 12.3. The van der Waals surface area contributed by atoms with E-state index in [1.165, 1.54) is 13.8 Å². The zero-order valence-electron chi connectivity index (χ0n) is 27.1. The van der Waals surface area contributed by atoms with Crippen molar-refractivity contribution in [3.8, 4) is 0 Å². The molecular weight excluding hydrogens is 767 g/mol. The second-order valence-corrected chi connectivity index (χ2v) is 20.6. The van der Waals surface area contributed by atoms with Crippen molar-refractivity contribution < 1.29 is 45.4 Å². The first-order valence-corrected chi connectivity index (χ1v) is 22.6. The van der Waals surface area contributed by atoms with Gasteiger partial charge in [-0.1, -0.05) is 56.0 Å². The predicted octanol–water partition coefficient (Wildman–Crippen LogP) is 11.8. The SMILES string of the molecule is Cc1sc(COC(=O)CCCCC2CCSS2)cc1C1=C(c2cc(COC(=O)CCCCC3CCSS3)sc2C)C(F)(F)C(F)(F)C1(F)F. The van der Waals surface area contributed by atoms with E-state index in [-0.39, 0.29) is 45.6 Å². The van der Waals surface area contributed by atoms with E-state index in [4.69, 9.17) is 9.47 Å². The maximum absolute atomic E-state index is 15.5. The van der Waals surface area contributed by atoms with Crippen molar-refractivity contribution in [3.05, 3.63) is 42.8 Å². The first-order valence-electron chi connectivity index (χ1n) is 16.2. The van der Waals surface area contributed by atoms with Crippen LogP contribution in [0.4, 0.5) is 26.3 Å². The molecule has 0 bridgehead atoms. The van der Waals surface area contributed by atoms with Gasteiger partial charge < -0.3 is 9.47 Å². The van der Waals surface area contributed by atoms with Crippen LogP contribution in [-0.2, 0) is 32.3 Å². The number of esters is 2. The van der Waals surface area contributed by atoms with Gasteiger partial charge in [0.05, 0.1) is 0 Å². The number of hydrogen-bond acceptors (Lipinski definition) is 10. The highest BCUT2D eigenvalue weighted by atomic mass is 33.1. The fraction of sp³-hybridized carbons (Fsp3) is 0.636. The Hall–Kier alpha value is -0.940. The highest BCUT2D eigenvalue weighted by molar-refractivity contribution is 8.77. The lowest BCUT2D eigenvalue weighted by atomic mass is 9.95. The molecule has 4 heterocycles. The van der Waals surface area contributed by atoms with Gasteiger partial charge in [0.25, 0.3) is 0 Å². The standard InChI is InChI=1S/C33H38F6O4S6/c1-19-25(15-23(46-19)17-42-27(40)9-5-3-7-21-11-13-44-48-21)29-30(32(36,37)33(38,39)31(29,34)35)26-16-24(47-20(26)2)18-43-28(41)10-6-4-8-22-12-14-45-49-22/h15-16,21-22H,3-14,17-18H2,1-2H3. The third-order valence-corrected chi connectivity index (χ3v) is 16.7. The van der Waals surface area contributed by atoms with Crippen LogP contribution in [0.15, 0.2) is 12.1 Å². The maximum atomic E-state index is 15.5. The Morgan fingerprint density at radius 1 is 0.694 bits per heavy atom. The number of ether oxygens (including phenoxy) is 2. The molecule has 5 rings (SSSR count). The molecule has 16 heteroatoms. The van der Waals surface area contributed by atoms with Crippen LogP contribution in [0.2, 0.25) is 0 Å². The van der Waals surface area contributed by atoms with Crippen LogP contribution in [0.1, 0.15) is 94.8 Å². The summed E-state index contributed by atoms with van der Waals surface area (Å²) in [6.45, 7) is 2.20. The fourth-order valence-electron chi connectivity index (χ4n) is 6.02. The minimum Gasteiger partial charge on any atom is -0.460 e. The van der Waals surface area contributed by atoms with E-state index in [9.17, 15) is 18.4 Å². The van der Waals surface area contributed by atoms with Gasteiger partial charge in [0, 0.05) is 65.5 Å². The molecule has 2 saturated heterocycles. The van der Waals surface area contributed by atoms with E-state index in [2.05, 4.69) is 0 Å². The van der Waals surface area contributed by atoms with Gasteiger partial charge in [0.15, 0.2) is 0 Å². The van der Waals surface area contributed by atoms with E-state index in [1.807, 2.05) is 43.2 Å². The van der Waals surface area contributed by atoms with Crippen molar-refractivity contribution in [1.82, 2.24) is 0 Å². The zero-order chi connectivity index (χ0) is 35.4. The van der Waals surface area contributed by atoms with Crippen LogP contribution < -0.4 is 0 Å². The topological polar surface area (TPSA) is 52.6 Å². The number of carbonyl (C=O) groups is 2. The van der Waals surface area contributed by atoms with Gasteiger partial charge in [-0.2, -0.15) is 26.3 Å². The molecule has 2 atom stereocenters. The van der Waals surface area contributed by atoms with Gasteiger partial charge in [-0.3, -0.25) is 9.59 Å². The molecule has 2 aromatic heterocycles. The van der Waals surface area contributed by atoms with Crippen molar-refractivity contribution in [3.63, 3.8) is 0 Å². The molecule has 4 nitrogen and oxygen atoms in total. The molecule has 49 heavy (non-hydrogen) atoms. The van der Waals surface area contributed by atoms with Crippen molar-refractivity contribution >= 4 is 88.9 Å². The van der Waals surface area contributed by atoms with E-state index in [0.717, 1.165) is 84.8 Å². The second kappa shape index (κ2) is 16.8. The third kappa shape index (κ3) is 9.00. The lowest BCUT2D eigenvalue weighted by Gasteiger charge is -2.25. The molecule has 2 fully saturated rings. The van der Waals surface area contributed by atoms with Gasteiger partial charge >= 0.3 is 29.7 Å². The molecule has 2 aromatic rings. The van der Waals surface area contributed by atoms with Crippen LogP contribution >= 0.6 is 65.8 Å². The van der Waals surface area contributed by atoms with Gasteiger partial charge in [0.2, 0.25) is 0 Å². The summed E-state index contributed by atoms with van der Waals surface area (Å²) in [4.78, 5) is 25.5. The van der Waals surface area contributed by atoms with Crippen LogP contribution in [0.25, 0.3) is 11.1 Å². The number of thiophene rings is 2. The lowest BCUT2D eigenvalue weighted by Crippen LogP contribution is -2.48. The molecule has 2 unspecified atom stereocenters. The number of carbonyl (C=O) groups excluding carboxylic acids is 2. The Morgan fingerprint density at radius 3 is 1.47 bits per heavy atom. The molecule has 2 aliphatic heterocycles. The zero-order valence-corrected chi connectivity index (χ0v) is 32.0. The minimum absolute atomic E-state index is 0.117. The third-order valence-electron chi connectivity index (χ3n) is 8.66. The molecule has 0 aromatic carbocycles. The highest BCUT2D eigenvalue weighted by Crippen LogP contribution is 2.65. The van der Waals surface area contributed by atoms with Crippen LogP contribution in [0, 0.1) is 13.8 Å². The van der Waals surface area contributed by atoms with Crippen LogP contribution in [0.5, 0.6) is 0 Å². The molecule has 0 saturated carbocycles. The molecule has 0 amide bonds. The summed E-state index contributed by atoms with van der Waals surface area (Å²) < 4.78 is 103. The Balaban J connectivity index is 1.27. The first-order chi connectivity index (χ1) is 23.2. The average molecular weight is 805 g/mol. The molecule has 272 valence electrons. The summed E-state index contributed by atoms with van der Waals surface area (Å²) in [5, 5.41) is 1.18. The van der Waals surface area contributed by atoms with Crippen molar-refractivity contribution in [2.45, 2.75) is 120 Å². The lowest BCUT2D eigenvalue weighted by molar-refractivity contribution is -0.254. The van der Waals surface area contributed by atoms with Gasteiger partial charge in [-0.15, -0.1) is 22.7 Å². The summed E-state index contributed by atoms with van der Waals surface area (Å²) in [6.07, 6.45) is 7.70. The van der Waals surface area contributed by atoms with Crippen molar-refractivity contribution in [2.75, 3.05) is 11.5 Å². The van der Waals surface area contributed by atoms with E-state index >= 15 is 17.6 Å². The summed E-state index contributed by atoms with van der Waals surface area (Å²) in [7, 11) is 7.43. The molecule has 0 radical (unpaired) electrons. The Bertz CT molecular complexity index is 1400. The predicted molar refractivity (Wildman–Crippen MR) is 193 cm³/mol. The van der Waals surface area contributed by atoms with E-state index in [0.29, 0.717) is 23.3 Å². The number of unbranched alkanes of at least 4 members (excludes halogenated alkanes) is 2. The van der Waals surface area contributed by atoms with Crippen molar-refractivity contribution in [1.29, 1.82) is 0 Å². The number of rotatable bonds is 16. The van der Waals surface area contributed by atoms with Crippen LogP contribution in [0.3, 0.4) is 0 Å². The first kappa shape index (κ1) is 39.3.